The number of carbonyl (C=O) groups excluding carboxylic acids is 4. The molecule has 8 saturated carbocycles. The molecule has 14 nitrogen and oxygen atoms in total. The number of allylic oxidation sites excluding steroid dienone is 4. The molecule has 14 heteroatoms. The molecular weight excluding hydrogens is 1050 g/mol. The zero-order valence-corrected chi connectivity index (χ0v) is 53.8. The van der Waals surface area contributed by atoms with E-state index in [-0.39, 0.29) is 128 Å². The van der Waals surface area contributed by atoms with E-state index in [1.807, 2.05) is 0 Å². The highest BCUT2D eigenvalue weighted by Crippen LogP contribution is 2.78. The number of nitrogens with zero attached hydrogens (tertiary/aromatic N) is 6. The Hall–Kier alpha value is -4.36. The van der Waals surface area contributed by atoms with E-state index in [1.165, 1.54) is 11.1 Å². The van der Waals surface area contributed by atoms with Gasteiger partial charge in [0.05, 0.1) is 23.2 Å². The van der Waals surface area contributed by atoms with Crippen molar-refractivity contribution in [3.63, 3.8) is 0 Å². The first-order valence-corrected chi connectivity index (χ1v) is 33.2. The third kappa shape index (κ3) is 8.35. The molecule has 84 heavy (non-hydrogen) atoms. The van der Waals surface area contributed by atoms with Crippen molar-refractivity contribution in [2.24, 2.45) is 100 Å². The largest absolute Gasteiger partial charge is 0.460 e. The standard InChI is InChI=1S/C70H102N6O8/c1-59(2)27-31-69-33-29-65(11)45(47(69)35-59)15-17-51-63(9)23-21-53(61(5,6)49(63)19-25-67(51,65)13)83-56(78)40-76-38-44(72-74-76)42-82-58(80)70-32-28-60(3,4)36-48(70)46-16-18-52-64(10)24-22-54(84-55(77)39-75-37-43(71-73-75)41-81-57(69)79)62(7,8)50(64)20-26-68(52,14)66(46,12)30-34-70/h15-16,37-38,47-54H,17-36,39-42H2,1-14H3/t47?,48?,49?,50?,51?,52?,53-,54-,63-,64-,65+,66+,67+,68+,69-,70-/m0/s1. The fraction of sp³-hybridized carbons (Fsp3) is 0.829. The van der Waals surface area contributed by atoms with Gasteiger partial charge in [0.1, 0.15) is 49.9 Å². The van der Waals surface area contributed by atoms with Crippen molar-refractivity contribution in [1.82, 2.24) is 30.0 Å². The Morgan fingerprint density at radius 2 is 0.833 bits per heavy atom. The predicted octanol–water partition coefficient (Wildman–Crippen LogP) is 14.1. The molecular formula is C70H102N6O8. The van der Waals surface area contributed by atoms with E-state index < -0.39 is 10.8 Å². The SMILES string of the molecule is CC1(C)CC[C@@]23CC[C@]4(C)C(=CCC5[C@@]6(C)CC[C@H](OC(=O)Cn7cc(nn7)COC(=O)[C@]78CCC(C)(C)CC7C7=CCC9[C@@]%10(C)CC[C@H](OC(=O)Cn%11cc(nn%11)COC2=O)C(C)(C)C%10CC[C@@]9(C)[C@]7(C)CC8)C(C)(C)C6CC[C@]54C)C3C1. The van der Waals surface area contributed by atoms with Crippen LogP contribution in [0.25, 0.3) is 0 Å². The Kier molecular flexibility index (Phi) is 13.3. The van der Waals surface area contributed by atoms with Crippen LogP contribution in [0.4, 0.5) is 0 Å². The van der Waals surface area contributed by atoms with Crippen LogP contribution in [0.2, 0.25) is 0 Å². The summed E-state index contributed by atoms with van der Waals surface area (Å²) < 4.78 is 29.0. The molecule has 0 aromatic carbocycles. The summed E-state index contributed by atoms with van der Waals surface area (Å²) >= 11 is 0. The van der Waals surface area contributed by atoms with Crippen molar-refractivity contribution in [2.75, 3.05) is 0 Å². The maximum atomic E-state index is 15.0. The first-order chi connectivity index (χ1) is 39.3. The Labute approximate surface area is 501 Å². The van der Waals surface area contributed by atoms with E-state index in [0.29, 0.717) is 35.1 Å². The highest BCUT2D eigenvalue weighted by Gasteiger charge is 2.72. The molecule has 19 aliphatic rings. The van der Waals surface area contributed by atoms with E-state index in [9.17, 15) is 9.59 Å². The summed E-state index contributed by atoms with van der Waals surface area (Å²) in [6, 6.07) is 0. The van der Waals surface area contributed by atoms with Crippen LogP contribution in [0.1, 0.15) is 237 Å². The summed E-state index contributed by atoms with van der Waals surface area (Å²) in [6.07, 6.45) is 26.8. The van der Waals surface area contributed by atoms with E-state index in [0.717, 1.165) is 128 Å². The van der Waals surface area contributed by atoms with Crippen LogP contribution in [0.15, 0.2) is 35.7 Å². The van der Waals surface area contributed by atoms with Crippen LogP contribution in [-0.4, -0.2) is 66.1 Å². The zero-order chi connectivity index (χ0) is 59.8. The van der Waals surface area contributed by atoms with Gasteiger partial charge in [-0.2, -0.15) is 0 Å². The van der Waals surface area contributed by atoms with Gasteiger partial charge in [-0.15, -0.1) is 10.2 Å². The normalized spacial score (nSPS) is 45.7. The van der Waals surface area contributed by atoms with Gasteiger partial charge in [0, 0.05) is 10.8 Å². The average Bonchev–Trinajstić information content (AvgIpc) is 0.737. The van der Waals surface area contributed by atoms with Crippen LogP contribution in [0.5, 0.6) is 0 Å². The van der Waals surface area contributed by atoms with E-state index >= 15 is 9.59 Å². The van der Waals surface area contributed by atoms with Crippen LogP contribution >= 0.6 is 0 Å². The highest BCUT2D eigenvalue weighted by atomic mass is 16.6. The maximum absolute atomic E-state index is 15.0. The fourth-order valence-corrected chi connectivity index (χ4v) is 23.8. The molecule has 0 radical (unpaired) electrons. The van der Waals surface area contributed by atoms with Crippen LogP contribution in [0, 0.1) is 100 Å². The summed E-state index contributed by atoms with van der Waals surface area (Å²) in [5, 5.41) is 17.7. The zero-order valence-electron chi connectivity index (χ0n) is 53.8. The van der Waals surface area contributed by atoms with Crippen molar-refractivity contribution in [3.05, 3.63) is 47.1 Å². The molecule has 8 fully saturated rings. The van der Waals surface area contributed by atoms with E-state index in [1.54, 1.807) is 21.8 Å². The van der Waals surface area contributed by atoms with E-state index in [4.69, 9.17) is 18.9 Å². The third-order valence-corrected chi connectivity index (χ3v) is 29.0. The molecule has 0 saturated heterocycles. The molecule has 11 heterocycles. The lowest BCUT2D eigenvalue weighted by molar-refractivity contribution is -0.215. The monoisotopic (exact) mass is 1150 g/mol. The number of aromatic nitrogens is 6. The second-order valence-corrected chi connectivity index (χ2v) is 34.4. The fourth-order valence-electron chi connectivity index (χ4n) is 23.8. The molecule has 6 unspecified atom stereocenters. The number of carbonyl (C=O) groups is 4. The molecule has 2 aromatic heterocycles. The lowest BCUT2D eigenvalue weighted by Crippen LogP contribution is -2.65. The molecule has 21 rings (SSSR count). The van der Waals surface area contributed by atoms with Gasteiger partial charge in [-0.1, -0.05) is 131 Å². The van der Waals surface area contributed by atoms with E-state index in [2.05, 4.69) is 130 Å². The molecule has 10 aliphatic carbocycles. The van der Waals surface area contributed by atoms with Crippen LogP contribution in [0.3, 0.4) is 0 Å². The lowest BCUT2D eigenvalue weighted by Gasteiger charge is -2.71. The number of hydrogen-bond donors (Lipinski definition) is 0. The molecule has 0 N–H and O–H groups in total. The molecule has 0 amide bonds. The minimum absolute atomic E-state index is 0.00679. The number of rotatable bonds is 0. The van der Waals surface area contributed by atoms with Gasteiger partial charge in [-0.05, 0) is 207 Å². The van der Waals surface area contributed by atoms with Gasteiger partial charge in [-0.25, -0.2) is 9.36 Å². The molecule has 9 aliphatic heterocycles. The highest BCUT2D eigenvalue weighted by molar-refractivity contribution is 5.79. The summed E-state index contributed by atoms with van der Waals surface area (Å²) in [6.45, 7) is 34.1. The number of ether oxygens (including phenoxy) is 4. The first kappa shape index (κ1) is 58.6. The molecule has 20 bridgehead atoms. The quantitative estimate of drug-likeness (QED) is 0.139. The smallest absolute Gasteiger partial charge is 0.328 e. The van der Waals surface area contributed by atoms with Crippen molar-refractivity contribution in [2.45, 2.75) is 264 Å². The Morgan fingerprint density at radius 1 is 0.452 bits per heavy atom. The lowest BCUT2D eigenvalue weighted by atomic mass is 9.33. The van der Waals surface area contributed by atoms with Gasteiger partial charge in [-0.3, -0.25) is 19.2 Å². The summed E-state index contributed by atoms with van der Waals surface area (Å²) in [5.74, 6) is 0.850. The van der Waals surface area contributed by atoms with Crippen molar-refractivity contribution in [1.29, 1.82) is 0 Å². The molecule has 2 spiro atoms. The number of esters is 4. The summed E-state index contributed by atoms with van der Waals surface area (Å²) in [5.41, 5.74) is 2.33. The second-order valence-electron chi connectivity index (χ2n) is 34.4. The van der Waals surface area contributed by atoms with Crippen molar-refractivity contribution >= 4 is 23.9 Å². The molecule has 460 valence electrons. The first-order valence-electron chi connectivity index (χ1n) is 33.2. The third-order valence-electron chi connectivity index (χ3n) is 29.0. The van der Waals surface area contributed by atoms with Gasteiger partial charge in [0.25, 0.3) is 0 Å². The molecule has 16 atom stereocenters. The van der Waals surface area contributed by atoms with Gasteiger partial charge < -0.3 is 18.9 Å². The minimum Gasteiger partial charge on any atom is -0.460 e. The molecule has 2 aromatic rings. The van der Waals surface area contributed by atoms with Crippen molar-refractivity contribution < 1.29 is 38.1 Å². The second kappa shape index (κ2) is 19.1. The van der Waals surface area contributed by atoms with Gasteiger partial charge in [0.15, 0.2) is 0 Å². The Balaban J connectivity index is 0.805. The van der Waals surface area contributed by atoms with Crippen molar-refractivity contribution in [3.8, 4) is 0 Å². The minimum atomic E-state index is -0.618. The van der Waals surface area contributed by atoms with Gasteiger partial charge >= 0.3 is 23.9 Å². The Bertz CT molecular complexity index is 2890. The topological polar surface area (TPSA) is 167 Å². The van der Waals surface area contributed by atoms with Crippen LogP contribution in [-0.2, 0) is 64.4 Å². The number of hydrogen-bond acceptors (Lipinski definition) is 12. The maximum Gasteiger partial charge on any atom is 0.328 e. The summed E-state index contributed by atoms with van der Waals surface area (Å²) in [7, 11) is 0. The average molecular weight is 1160 g/mol. The predicted molar refractivity (Wildman–Crippen MR) is 317 cm³/mol. The summed E-state index contributed by atoms with van der Waals surface area (Å²) in [4.78, 5) is 58.2. The Morgan fingerprint density at radius 3 is 1.23 bits per heavy atom. The van der Waals surface area contributed by atoms with Crippen LogP contribution < -0.4 is 0 Å². The van der Waals surface area contributed by atoms with Gasteiger partial charge in [0.2, 0.25) is 0 Å².